The van der Waals surface area contributed by atoms with Crippen molar-refractivity contribution in [2.45, 2.75) is 51.7 Å². The number of amides is 1. The molecule has 1 amide bonds. The van der Waals surface area contributed by atoms with E-state index in [0.29, 0.717) is 36.4 Å². The van der Waals surface area contributed by atoms with Gasteiger partial charge in [0.1, 0.15) is 16.8 Å². The molecule has 3 aromatic rings. The zero-order chi connectivity index (χ0) is 21.3. The van der Waals surface area contributed by atoms with Gasteiger partial charge in [0, 0.05) is 19.5 Å². The van der Waals surface area contributed by atoms with E-state index >= 15 is 0 Å². The van der Waals surface area contributed by atoms with Crippen LogP contribution in [0.15, 0.2) is 41.3 Å². The van der Waals surface area contributed by atoms with Gasteiger partial charge in [-0.2, -0.15) is 5.10 Å². The monoisotopic (exact) mass is 409 g/mol. The van der Waals surface area contributed by atoms with Gasteiger partial charge in [0.25, 0.3) is 5.56 Å². The molecule has 1 atom stereocenters. The molecule has 1 saturated heterocycles. The number of H-pyrrole nitrogens is 1. The fourth-order valence-electron chi connectivity index (χ4n) is 3.77. The molecule has 2 aromatic heterocycles. The number of piperidine rings is 1. The lowest BCUT2D eigenvalue weighted by atomic mass is 10.1. The topological polar surface area (TPSA) is 93.1 Å². The van der Waals surface area contributed by atoms with Crippen LogP contribution in [0.2, 0.25) is 0 Å². The highest BCUT2D eigenvalue weighted by Crippen LogP contribution is 2.25. The van der Waals surface area contributed by atoms with Crippen molar-refractivity contribution in [1.82, 2.24) is 24.6 Å². The number of rotatable bonds is 3. The van der Waals surface area contributed by atoms with Crippen LogP contribution < -0.4 is 5.56 Å². The lowest BCUT2D eigenvalue weighted by Crippen LogP contribution is -2.43. The van der Waals surface area contributed by atoms with Crippen molar-refractivity contribution >= 4 is 17.1 Å². The van der Waals surface area contributed by atoms with Crippen LogP contribution in [0.25, 0.3) is 11.0 Å². The summed E-state index contributed by atoms with van der Waals surface area (Å²) in [5.74, 6) is 0.597. The van der Waals surface area contributed by atoms with Gasteiger partial charge < -0.3 is 14.6 Å². The molecule has 1 N–H and O–H groups in total. The number of carbonyl (C=O) groups excluding carboxylic acids is 1. The lowest BCUT2D eigenvalue weighted by Gasteiger charge is -2.34. The van der Waals surface area contributed by atoms with Crippen molar-refractivity contribution in [3.05, 3.63) is 58.3 Å². The van der Waals surface area contributed by atoms with E-state index in [4.69, 9.17) is 9.72 Å². The van der Waals surface area contributed by atoms with Gasteiger partial charge in [0.15, 0.2) is 5.65 Å². The predicted molar refractivity (Wildman–Crippen MR) is 113 cm³/mol. The number of aromatic nitrogens is 4. The van der Waals surface area contributed by atoms with Crippen LogP contribution in [-0.4, -0.2) is 49.4 Å². The second kappa shape index (κ2) is 7.93. The van der Waals surface area contributed by atoms with E-state index in [0.717, 1.165) is 18.4 Å². The quantitative estimate of drug-likeness (QED) is 0.717. The minimum Gasteiger partial charge on any atom is -0.444 e. The van der Waals surface area contributed by atoms with Crippen molar-refractivity contribution in [3.63, 3.8) is 0 Å². The van der Waals surface area contributed by atoms with E-state index in [1.807, 2.05) is 51.1 Å². The van der Waals surface area contributed by atoms with Crippen LogP contribution in [0.5, 0.6) is 0 Å². The zero-order valence-corrected chi connectivity index (χ0v) is 17.6. The maximum atomic E-state index is 12.6. The second-order valence-electron chi connectivity index (χ2n) is 8.72. The van der Waals surface area contributed by atoms with Crippen LogP contribution in [0, 0.1) is 0 Å². The number of hydrogen-bond donors (Lipinski definition) is 1. The van der Waals surface area contributed by atoms with Gasteiger partial charge in [0.2, 0.25) is 0 Å². The summed E-state index contributed by atoms with van der Waals surface area (Å²) in [6.07, 6.45) is 3.47. The summed E-state index contributed by atoms with van der Waals surface area (Å²) in [5.41, 5.74) is 0.890. The Morgan fingerprint density at radius 3 is 2.77 bits per heavy atom. The van der Waals surface area contributed by atoms with Gasteiger partial charge in [-0.3, -0.25) is 4.79 Å². The normalized spacial score (nSPS) is 17.3. The molecule has 0 saturated carbocycles. The molecule has 8 heteroatoms. The number of carbonyl (C=O) groups is 1. The van der Waals surface area contributed by atoms with Crippen molar-refractivity contribution in [2.24, 2.45) is 0 Å². The number of fused-ring (bicyclic) bond motifs is 1. The maximum Gasteiger partial charge on any atom is 0.410 e. The Hall–Kier alpha value is -3.16. The standard InChI is InChI=1S/C22H27N5O3/c1-22(2,3)30-21(29)26-11-7-10-16(14-26)27-19-17(13-23-27)20(28)25-18(24-19)12-15-8-5-4-6-9-15/h4-6,8-9,13,16H,7,10-12,14H2,1-3H3,(H,24,25,28). The Kier molecular flexibility index (Phi) is 5.32. The van der Waals surface area contributed by atoms with Gasteiger partial charge in [-0.05, 0) is 39.2 Å². The molecule has 3 heterocycles. The fourth-order valence-corrected chi connectivity index (χ4v) is 3.77. The summed E-state index contributed by atoms with van der Waals surface area (Å²) < 4.78 is 7.31. The zero-order valence-electron chi connectivity index (χ0n) is 17.6. The number of nitrogens with zero attached hydrogens (tertiary/aromatic N) is 4. The molecule has 0 aliphatic carbocycles. The minimum absolute atomic E-state index is 0.0531. The molecule has 0 bridgehead atoms. The van der Waals surface area contributed by atoms with E-state index in [1.165, 1.54) is 0 Å². The second-order valence-corrected chi connectivity index (χ2v) is 8.72. The average molecular weight is 409 g/mol. The molecule has 1 aromatic carbocycles. The summed E-state index contributed by atoms with van der Waals surface area (Å²) in [6.45, 7) is 6.71. The Balaban J connectivity index is 1.60. The van der Waals surface area contributed by atoms with Crippen LogP contribution in [0.3, 0.4) is 0 Å². The number of benzene rings is 1. The first-order valence-corrected chi connectivity index (χ1v) is 10.3. The summed E-state index contributed by atoms with van der Waals surface area (Å²) in [5, 5.41) is 4.91. The van der Waals surface area contributed by atoms with E-state index in [-0.39, 0.29) is 17.7 Å². The number of ether oxygens (including phenoxy) is 1. The fraction of sp³-hybridized carbons (Fsp3) is 0.455. The number of hydrogen-bond acceptors (Lipinski definition) is 5. The largest absolute Gasteiger partial charge is 0.444 e. The summed E-state index contributed by atoms with van der Waals surface area (Å²) in [6, 6.07) is 9.83. The van der Waals surface area contributed by atoms with Gasteiger partial charge in [-0.1, -0.05) is 30.3 Å². The molecule has 0 spiro atoms. The molecule has 8 nitrogen and oxygen atoms in total. The minimum atomic E-state index is -0.538. The predicted octanol–water partition coefficient (Wildman–Crippen LogP) is 3.28. The number of likely N-dealkylation sites (tertiary alicyclic amines) is 1. The average Bonchev–Trinajstić information content (AvgIpc) is 3.12. The Morgan fingerprint density at radius 2 is 2.03 bits per heavy atom. The molecular weight excluding hydrogens is 382 g/mol. The molecular formula is C22H27N5O3. The molecule has 4 rings (SSSR count). The van der Waals surface area contributed by atoms with Crippen LogP contribution in [0.4, 0.5) is 4.79 Å². The molecule has 158 valence electrons. The van der Waals surface area contributed by atoms with E-state index < -0.39 is 5.60 Å². The first-order chi connectivity index (χ1) is 14.3. The van der Waals surface area contributed by atoms with Gasteiger partial charge in [-0.15, -0.1) is 0 Å². The highest BCUT2D eigenvalue weighted by molar-refractivity contribution is 5.73. The smallest absolute Gasteiger partial charge is 0.410 e. The third-order valence-electron chi connectivity index (χ3n) is 5.12. The van der Waals surface area contributed by atoms with Gasteiger partial charge >= 0.3 is 6.09 Å². The molecule has 1 fully saturated rings. The van der Waals surface area contributed by atoms with Crippen LogP contribution in [-0.2, 0) is 11.2 Å². The molecule has 1 unspecified atom stereocenters. The van der Waals surface area contributed by atoms with E-state index in [1.54, 1.807) is 15.8 Å². The first kappa shape index (κ1) is 20.1. The SMILES string of the molecule is CC(C)(C)OC(=O)N1CCCC(n2ncc3c(=O)[nH]c(Cc4ccccc4)nc32)C1. The van der Waals surface area contributed by atoms with Crippen LogP contribution in [0.1, 0.15) is 51.0 Å². The van der Waals surface area contributed by atoms with Crippen molar-refractivity contribution in [1.29, 1.82) is 0 Å². The Morgan fingerprint density at radius 1 is 1.27 bits per heavy atom. The number of aromatic amines is 1. The Labute approximate surface area is 174 Å². The first-order valence-electron chi connectivity index (χ1n) is 10.3. The molecule has 1 aliphatic heterocycles. The summed E-state index contributed by atoms with van der Waals surface area (Å²) in [4.78, 5) is 34.4. The third kappa shape index (κ3) is 4.37. The summed E-state index contributed by atoms with van der Waals surface area (Å²) in [7, 11) is 0. The maximum absolute atomic E-state index is 12.6. The van der Waals surface area contributed by atoms with Crippen LogP contribution >= 0.6 is 0 Å². The summed E-state index contributed by atoms with van der Waals surface area (Å²) >= 11 is 0. The van der Waals surface area contributed by atoms with E-state index in [2.05, 4.69) is 10.1 Å². The Bertz CT molecular complexity index is 1100. The number of nitrogens with one attached hydrogen (secondary N) is 1. The molecule has 1 aliphatic rings. The van der Waals surface area contributed by atoms with E-state index in [9.17, 15) is 9.59 Å². The molecule has 30 heavy (non-hydrogen) atoms. The highest BCUT2D eigenvalue weighted by atomic mass is 16.6. The van der Waals surface area contributed by atoms with Crippen molar-refractivity contribution in [2.75, 3.05) is 13.1 Å². The highest BCUT2D eigenvalue weighted by Gasteiger charge is 2.30. The molecule has 0 radical (unpaired) electrons. The third-order valence-corrected chi connectivity index (χ3v) is 5.12. The van der Waals surface area contributed by atoms with Gasteiger partial charge in [0.05, 0.1) is 12.2 Å². The lowest BCUT2D eigenvalue weighted by molar-refractivity contribution is 0.0169. The van der Waals surface area contributed by atoms with Gasteiger partial charge in [-0.25, -0.2) is 14.5 Å². The van der Waals surface area contributed by atoms with Crippen molar-refractivity contribution in [3.8, 4) is 0 Å². The van der Waals surface area contributed by atoms with Crippen molar-refractivity contribution < 1.29 is 9.53 Å².